The fourth-order valence-corrected chi connectivity index (χ4v) is 1.87. The molecule has 0 fully saturated rings. The molecule has 24 heavy (non-hydrogen) atoms. The van der Waals surface area contributed by atoms with Gasteiger partial charge in [-0.05, 0) is 23.6 Å². The van der Waals surface area contributed by atoms with Crippen LogP contribution in [0.4, 0.5) is 4.39 Å². The minimum Gasteiger partial charge on any atom is -0.375 e. The molecule has 0 aliphatic rings. The predicted molar refractivity (Wildman–Crippen MR) is 92.2 cm³/mol. The van der Waals surface area contributed by atoms with E-state index in [0.717, 1.165) is 5.56 Å². The first-order valence-electron chi connectivity index (χ1n) is 7.43. The first-order chi connectivity index (χ1) is 10.8. The summed E-state index contributed by atoms with van der Waals surface area (Å²) in [5, 5.41) is 5.14. The Labute approximate surface area is 147 Å². The van der Waals surface area contributed by atoms with E-state index in [4.69, 9.17) is 10.5 Å². The largest absolute Gasteiger partial charge is 0.375 e. The van der Waals surface area contributed by atoms with Gasteiger partial charge < -0.3 is 21.1 Å². The van der Waals surface area contributed by atoms with Crippen molar-refractivity contribution < 1.29 is 18.7 Å². The molecular formula is C16H25ClFN3O3. The molecular weight excluding hydrogens is 337 g/mol. The second-order valence-electron chi connectivity index (χ2n) is 5.57. The van der Waals surface area contributed by atoms with E-state index in [9.17, 15) is 14.0 Å². The summed E-state index contributed by atoms with van der Waals surface area (Å²) in [6.45, 7) is 3.72. The Kier molecular flexibility index (Phi) is 10.2. The first-order valence-corrected chi connectivity index (χ1v) is 7.43. The van der Waals surface area contributed by atoms with Crippen LogP contribution >= 0.6 is 12.4 Å². The summed E-state index contributed by atoms with van der Waals surface area (Å²) in [5.41, 5.74) is 6.43. The average molecular weight is 362 g/mol. The lowest BCUT2D eigenvalue weighted by atomic mass is 10.1. The summed E-state index contributed by atoms with van der Waals surface area (Å²) < 4.78 is 18.2. The fraction of sp³-hybridized carbons (Fsp3) is 0.500. The van der Waals surface area contributed by atoms with Crippen molar-refractivity contribution in [3.63, 3.8) is 0 Å². The number of hydrogen-bond acceptors (Lipinski definition) is 4. The highest BCUT2D eigenvalue weighted by molar-refractivity contribution is 5.87. The standard InChI is InChI=1S/C16H24FN3O3.ClH/c1-10(2)15(18)16(22)20-9-14(21)19-8-13(23-3)11-4-6-12(17)7-5-11;/h4-7,10,13,15H,8-9,18H2,1-3H3,(H,19,21)(H,20,22);1H/t13?,15-;/m0./s1. The van der Waals surface area contributed by atoms with Crippen molar-refractivity contribution in [3.05, 3.63) is 35.6 Å². The number of hydrogen-bond donors (Lipinski definition) is 3. The normalized spacial score (nSPS) is 12.9. The van der Waals surface area contributed by atoms with Gasteiger partial charge in [-0.1, -0.05) is 26.0 Å². The van der Waals surface area contributed by atoms with Gasteiger partial charge in [0.05, 0.1) is 18.7 Å². The maximum Gasteiger partial charge on any atom is 0.239 e. The maximum absolute atomic E-state index is 12.9. The van der Waals surface area contributed by atoms with Crippen LogP contribution in [0.1, 0.15) is 25.5 Å². The van der Waals surface area contributed by atoms with E-state index >= 15 is 0 Å². The highest BCUT2D eigenvalue weighted by atomic mass is 35.5. The van der Waals surface area contributed by atoms with E-state index in [0.29, 0.717) is 0 Å². The zero-order chi connectivity index (χ0) is 17.4. The highest BCUT2D eigenvalue weighted by Gasteiger charge is 2.18. The lowest BCUT2D eigenvalue weighted by molar-refractivity contribution is -0.127. The van der Waals surface area contributed by atoms with Crippen LogP contribution in [0, 0.1) is 11.7 Å². The lowest BCUT2D eigenvalue weighted by Gasteiger charge is -2.18. The molecule has 0 aliphatic carbocycles. The zero-order valence-corrected chi connectivity index (χ0v) is 14.9. The van der Waals surface area contributed by atoms with Crippen LogP contribution < -0.4 is 16.4 Å². The third-order valence-corrected chi connectivity index (χ3v) is 3.46. The molecule has 4 N–H and O–H groups in total. The van der Waals surface area contributed by atoms with Gasteiger partial charge in [0.15, 0.2) is 0 Å². The van der Waals surface area contributed by atoms with Crippen molar-refractivity contribution in [2.45, 2.75) is 26.0 Å². The summed E-state index contributed by atoms with van der Waals surface area (Å²) in [4.78, 5) is 23.4. The van der Waals surface area contributed by atoms with Crippen LogP contribution in [0.3, 0.4) is 0 Å². The van der Waals surface area contributed by atoms with Crippen molar-refractivity contribution in [2.75, 3.05) is 20.2 Å². The predicted octanol–water partition coefficient (Wildman–Crippen LogP) is 1.15. The number of amides is 2. The first kappa shape index (κ1) is 22.3. The molecule has 1 unspecified atom stereocenters. The van der Waals surface area contributed by atoms with Crippen LogP contribution in [0.25, 0.3) is 0 Å². The van der Waals surface area contributed by atoms with Gasteiger partial charge in [0.25, 0.3) is 0 Å². The van der Waals surface area contributed by atoms with Gasteiger partial charge >= 0.3 is 0 Å². The van der Waals surface area contributed by atoms with Crippen LogP contribution in [0.2, 0.25) is 0 Å². The molecule has 0 heterocycles. The third kappa shape index (κ3) is 7.25. The topological polar surface area (TPSA) is 93.5 Å². The summed E-state index contributed by atoms with van der Waals surface area (Å²) in [6.07, 6.45) is -0.395. The fourth-order valence-electron chi connectivity index (χ4n) is 1.87. The number of carbonyl (C=O) groups is 2. The molecule has 0 bridgehead atoms. The van der Waals surface area contributed by atoms with Crippen LogP contribution in [0.5, 0.6) is 0 Å². The lowest BCUT2D eigenvalue weighted by Crippen LogP contribution is -2.47. The molecule has 0 saturated heterocycles. The average Bonchev–Trinajstić information content (AvgIpc) is 2.53. The Morgan fingerprint density at radius 2 is 1.79 bits per heavy atom. The van der Waals surface area contributed by atoms with Crippen LogP contribution in [-0.2, 0) is 14.3 Å². The summed E-state index contributed by atoms with van der Waals surface area (Å²) in [7, 11) is 1.50. The molecule has 2 amide bonds. The molecule has 0 radical (unpaired) electrons. The molecule has 8 heteroatoms. The Hall–Kier alpha value is -1.70. The molecule has 6 nitrogen and oxygen atoms in total. The molecule has 136 valence electrons. The number of methoxy groups -OCH3 is 1. The van der Waals surface area contributed by atoms with E-state index in [2.05, 4.69) is 10.6 Å². The third-order valence-electron chi connectivity index (χ3n) is 3.46. The van der Waals surface area contributed by atoms with Crippen LogP contribution in [-0.4, -0.2) is 38.1 Å². The van der Waals surface area contributed by atoms with Gasteiger partial charge in [0.2, 0.25) is 11.8 Å². The molecule has 0 spiro atoms. The van der Waals surface area contributed by atoms with Gasteiger partial charge in [-0.15, -0.1) is 12.4 Å². The molecule has 2 atom stereocenters. The Bertz CT molecular complexity index is 526. The Morgan fingerprint density at radius 3 is 2.29 bits per heavy atom. The second-order valence-corrected chi connectivity index (χ2v) is 5.57. The number of ether oxygens (including phenoxy) is 1. The summed E-state index contributed by atoms with van der Waals surface area (Å²) in [5.74, 6) is -1.05. The quantitative estimate of drug-likeness (QED) is 0.647. The van der Waals surface area contributed by atoms with Crippen molar-refractivity contribution >= 4 is 24.2 Å². The van der Waals surface area contributed by atoms with Crippen molar-refractivity contribution in [1.82, 2.24) is 10.6 Å². The van der Waals surface area contributed by atoms with E-state index in [1.807, 2.05) is 13.8 Å². The maximum atomic E-state index is 12.9. The minimum absolute atomic E-state index is 0. The number of nitrogens with two attached hydrogens (primary N) is 1. The smallest absolute Gasteiger partial charge is 0.239 e. The van der Waals surface area contributed by atoms with E-state index < -0.39 is 12.1 Å². The number of benzene rings is 1. The molecule has 0 aliphatic heterocycles. The summed E-state index contributed by atoms with van der Waals surface area (Å²) in [6, 6.07) is 5.21. The SMILES string of the molecule is COC(CNC(=O)CNC(=O)[C@@H](N)C(C)C)c1ccc(F)cc1.Cl. The molecule has 1 aromatic carbocycles. The summed E-state index contributed by atoms with van der Waals surface area (Å²) >= 11 is 0. The van der Waals surface area contributed by atoms with E-state index in [1.165, 1.54) is 19.2 Å². The molecule has 1 rings (SSSR count). The molecule has 0 saturated carbocycles. The van der Waals surface area contributed by atoms with Gasteiger partial charge in [-0.25, -0.2) is 4.39 Å². The second kappa shape index (κ2) is 11.0. The zero-order valence-electron chi connectivity index (χ0n) is 14.0. The van der Waals surface area contributed by atoms with Crippen molar-refractivity contribution in [2.24, 2.45) is 11.7 Å². The van der Waals surface area contributed by atoms with E-state index in [-0.39, 0.29) is 49.0 Å². The Morgan fingerprint density at radius 1 is 1.21 bits per heavy atom. The van der Waals surface area contributed by atoms with Gasteiger partial charge in [0, 0.05) is 13.7 Å². The van der Waals surface area contributed by atoms with Crippen molar-refractivity contribution in [3.8, 4) is 0 Å². The van der Waals surface area contributed by atoms with Gasteiger partial charge in [0.1, 0.15) is 5.82 Å². The van der Waals surface area contributed by atoms with Gasteiger partial charge in [-0.2, -0.15) is 0 Å². The number of carbonyl (C=O) groups excluding carboxylic acids is 2. The van der Waals surface area contributed by atoms with Gasteiger partial charge in [-0.3, -0.25) is 9.59 Å². The van der Waals surface area contributed by atoms with E-state index in [1.54, 1.807) is 12.1 Å². The number of nitrogens with one attached hydrogen (secondary N) is 2. The molecule has 1 aromatic rings. The Balaban J connectivity index is 0.00000529. The van der Waals surface area contributed by atoms with Crippen LogP contribution in [0.15, 0.2) is 24.3 Å². The number of halogens is 2. The minimum atomic E-state index is -0.645. The van der Waals surface area contributed by atoms with Crippen molar-refractivity contribution in [1.29, 1.82) is 0 Å². The number of rotatable bonds is 8. The molecule has 0 aromatic heterocycles. The monoisotopic (exact) mass is 361 g/mol. The highest BCUT2D eigenvalue weighted by Crippen LogP contribution is 2.15.